The van der Waals surface area contributed by atoms with Crippen molar-refractivity contribution in [1.82, 2.24) is 19.5 Å². The first-order valence-corrected chi connectivity index (χ1v) is 19.8. The van der Waals surface area contributed by atoms with Gasteiger partial charge in [-0.05, 0) is 53.6 Å². The summed E-state index contributed by atoms with van der Waals surface area (Å²) in [5.74, 6) is 1.86. The summed E-state index contributed by atoms with van der Waals surface area (Å²) in [6.45, 7) is 0. The van der Waals surface area contributed by atoms with Crippen LogP contribution in [0.3, 0.4) is 0 Å². The highest BCUT2D eigenvalue weighted by Crippen LogP contribution is 2.45. The number of aromatic nitrogens is 4. The minimum absolute atomic E-state index is 0.598. The highest BCUT2D eigenvalue weighted by molar-refractivity contribution is 7.27. The van der Waals surface area contributed by atoms with Crippen molar-refractivity contribution in [3.63, 3.8) is 0 Å². The van der Waals surface area contributed by atoms with Crippen molar-refractivity contribution in [3.8, 4) is 51.0 Å². The molecule has 4 aromatic heterocycles. The molecule has 0 bridgehead atoms. The molecule has 12 rings (SSSR count). The van der Waals surface area contributed by atoms with E-state index in [0.717, 1.165) is 49.0 Å². The molecular formula is C51H30N4OS. The maximum absolute atomic E-state index is 6.29. The molecule has 0 saturated carbocycles. The second-order valence-corrected chi connectivity index (χ2v) is 15.4. The predicted molar refractivity (Wildman–Crippen MR) is 236 cm³/mol. The third-order valence-electron chi connectivity index (χ3n) is 11.1. The highest BCUT2D eigenvalue weighted by Gasteiger charge is 2.21. The largest absolute Gasteiger partial charge is 0.456 e. The van der Waals surface area contributed by atoms with Crippen LogP contribution in [0.25, 0.3) is 115 Å². The number of hydrogen-bond acceptors (Lipinski definition) is 5. The first-order valence-electron chi connectivity index (χ1n) is 19.0. The van der Waals surface area contributed by atoms with Crippen LogP contribution in [0.2, 0.25) is 0 Å². The number of rotatable bonds is 5. The van der Waals surface area contributed by atoms with Crippen molar-refractivity contribution in [3.05, 3.63) is 182 Å². The molecule has 0 atom stereocenters. The van der Waals surface area contributed by atoms with E-state index in [1.165, 1.54) is 48.4 Å². The molecule has 0 aliphatic rings. The van der Waals surface area contributed by atoms with Gasteiger partial charge in [-0.15, -0.1) is 11.3 Å². The number of benzene rings is 8. The molecule has 0 unspecified atom stereocenters. The van der Waals surface area contributed by atoms with Crippen molar-refractivity contribution in [2.45, 2.75) is 0 Å². The van der Waals surface area contributed by atoms with E-state index in [2.05, 4.69) is 132 Å². The van der Waals surface area contributed by atoms with Crippen LogP contribution in [0.15, 0.2) is 186 Å². The fourth-order valence-corrected chi connectivity index (χ4v) is 9.74. The van der Waals surface area contributed by atoms with Gasteiger partial charge in [-0.1, -0.05) is 140 Å². The van der Waals surface area contributed by atoms with Gasteiger partial charge < -0.3 is 8.98 Å². The third kappa shape index (κ3) is 5.04. The van der Waals surface area contributed by atoms with Crippen molar-refractivity contribution >= 4 is 75.3 Å². The summed E-state index contributed by atoms with van der Waals surface area (Å²) in [6, 6.07) is 63.8. The number of fused-ring (bicyclic) bond motifs is 10. The SMILES string of the molecule is c1ccc(-c2ccc(-n3c4ccccc4c4ccc5c6cccc(-c7nc(-c8ccccc8)nc(-c8ccc9c(c8)oc8ccccc89)n7)c6sc5c43)cc2)cc1. The molecule has 57 heavy (non-hydrogen) atoms. The molecule has 0 aliphatic heterocycles. The smallest absolute Gasteiger partial charge is 0.165 e. The van der Waals surface area contributed by atoms with Gasteiger partial charge in [0.25, 0.3) is 0 Å². The maximum atomic E-state index is 6.29. The van der Waals surface area contributed by atoms with Crippen LogP contribution in [0, 0.1) is 0 Å². The number of thiophene rings is 1. The van der Waals surface area contributed by atoms with Gasteiger partial charge in [0.05, 0.1) is 15.7 Å². The molecule has 0 saturated heterocycles. The molecule has 266 valence electrons. The maximum Gasteiger partial charge on any atom is 0.165 e. The second kappa shape index (κ2) is 12.6. The fourth-order valence-electron chi connectivity index (χ4n) is 8.39. The minimum atomic E-state index is 0.598. The Balaban J connectivity index is 1.08. The van der Waals surface area contributed by atoms with Gasteiger partial charge in [0.1, 0.15) is 11.2 Å². The van der Waals surface area contributed by atoms with E-state index >= 15 is 0 Å². The molecule has 0 aliphatic carbocycles. The summed E-state index contributed by atoms with van der Waals surface area (Å²) in [6.07, 6.45) is 0. The van der Waals surface area contributed by atoms with E-state index in [1.807, 2.05) is 65.9 Å². The number of furan rings is 1. The minimum Gasteiger partial charge on any atom is -0.456 e. The van der Waals surface area contributed by atoms with Crippen LogP contribution >= 0.6 is 11.3 Å². The quantitative estimate of drug-likeness (QED) is 0.176. The van der Waals surface area contributed by atoms with E-state index in [-0.39, 0.29) is 0 Å². The summed E-state index contributed by atoms with van der Waals surface area (Å²) in [7, 11) is 0. The molecular weight excluding hydrogens is 717 g/mol. The van der Waals surface area contributed by atoms with Crippen LogP contribution in [-0.4, -0.2) is 19.5 Å². The lowest BCUT2D eigenvalue weighted by Crippen LogP contribution is -2.00. The molecule has 0 spiro atoms. The molecule has 5 nitrogen and oxygen atoms in total. The zero-order valence-corrected chi connectivity index (χ0v) is 31.2. The standard InChI is InChI=1S/C51H30N4OS/c1-3-12-31(13-4-1)32-22-25-35(26-23-32)55-43-20-9-7-16-36(43)39-28-29-41-40-18-11-19-42(47(40)57-48(41)46(39)55)51-53-49(33-14-5-2-6-15-33)52-50(54-51)34-24-27-38-37-17-8-10-21-44(37)56-45(38)30-34/h1-30H. The monoisotopic (exact) mass is 746 g/mol. The number of nitrogens with zero attached hydrogens (tertiary/aromatic N) is 4. The highest BCUT2D eigenvalue weighted by atomic mass is 32.1. The molecule has 0 radical (unpaired) electrons. The first-order chi connectivity index (χ1) is 28.2. The van der Waals surface area contributed by atoms with Crippen molar-refractivity contribution < 1.29 is 4.42 Å². The second-order valence-electron chi connectivity index (χ2n) is 14.4. The normalized spacial score (nSPS) is 11.9. The topological polar surface area (TPSA) is 56.7 Å². The number of hydrogen-bond donors (Lipinski definition) is 0. The Morgan fingerprint density at radius 2 is 0.965 bits per heavy atom. The van der Waals surface area contributed by atoms with Gasteiger partial charge in [0, 0.05) is 59.4 Å². The van der Waals surface area contributed by atoms with Gasteiger partial charge in [-0.2, -0.15) is 0 Å². The van der Waals surface area contributed by atoms with Gasteiger partial charge in [-0.25, -0.2) is 15.0 Å². The Bertz CT molecular complexity index is 3510. The Labute approximate surface area is 330 Å². The Morgan fingerprint density at radius 3 is 1.79 bits per heavy atom. The molecule has 6 heteroatoms. The summed E-state index contributed by atoms with van der Waals surface area (Å²) in [4.78, 5) is 15.4. The van der Waals surface area contributed by atoms with Crippen molar-refractivity contribution in [1.29, 1.82) is 0 Å². The van der Waals surface area contributed by atoms with E-state index in [4.69, 9.17) is 19.4 Å². The summed E-state index contributed by atoms with van der Waals surface area (Å²) >= 11 is 1.81. The van der Waals surface area contributed by atoms with Crippen LogP contribution < -0.4 is 0 Å². The Morgan fingerprint density at radius 1 is 0.386 bits per heavy atom. The first kappa shape index (κ1) is 31.9. The molecule has 0 fully saturated rings. The van der Waals surface area contributed by atoms with Crippen LogP contribution in [-0.2, 0) is 0 Å². The van der Waals surface area contributed by atoms with E-state index in [1.54, 1.807) is 0 Å². The zero-order valence-electron chi connectivity index (χ0n) is 30.4. The van der Waals surface area contributed by atoms with Gasteiger partial charge >= 0.3 is 0 Å². The van der Waals surface area contributed by atoms with Crippen LogP contribution in [0.5, 0.6) is 0 Å². The molecule has 0 amide bonds. The molecule has 4 heterocycles. The van der Waals surface area contributed by atoms with E-state index in [0.29, 0.717) is 17.5 Å². The lowest BCUT2D eigenvalue weighted by atomic mass is 10.1. The molecule has 12 aromatic rings. The average Bonchev–Trinajstić information content (AvgIpc) is 3.96. The van der Waals surface area contributed by atoms with Crippen LogP contribution in [0.1, 0.15) is 0 Å². The van der Waals surface area contributed by atoms with E-state index < -0.39 is 0 Å². The van der Waals surface area contributed by atoms with Gasteiger partial charge in [0.2, 0.25) is 0 Å². The van der Waals surface area contributed by atoms with Gasteiger partial charge in [-0.3, -0.25) is 0 Å². The lowest BCUT2D eigenvalue weighted by molar-refractivity contribution is 0.669. The predicted octanol–water partition coefficient (Wildman–Crippen LogP) is 13.9. The average molecular weight is 747 g/mol. The summed E-state index contributed by atoms with van der Waals surface area (Å²) in [5, 5.41) is 7.01. The van der Waals surface area contributed by atoms with Crippen molar-refractivity contribution in [2.24, 2.45) is 0 Å². The van der Waals surface area contributed by atoms with Gasteiger partial charge in [0.15, 0.2) is 17.5 Å². The molecule has 8 aromatic carbocycles. The Kier molecular flexibility index (Phi) is 7.03. The Hall–Kier alpha value is -7.41. The fraction of sp³-hybridized carbons (Fsp3) is 0. The summed E-state index contributed by atoms with van der Waals surface area (Å²) < 4.78 is 11.1. The summed E-state index contributed by atoms with van der Waals surface area (Å²) in [5.41, 5.74) is 10.4. The molecule has 0 N–H and O–H groups in total. The van der Waals surface area contributed by atoms with E-state index in [9.17, 15) is 0 Å². The third-order valence-corrected chi connectivity index (χ3v) is 12.3. The number of para-hydroxylation sites is 2. The van der Waals surface area contributed by atoms with Crippen molar-refractivity contribution in [2.75, 3.05) is 0 Å². The zero-order chi connectivity index (χ0) is 37.5. The lowest BCUT2D eigenvalue weighted by Gasteiger charge is -2.10. The van der Waals surface area contributed by atoms with Crippen LogP contribution in [0.4, 0.5) is 0 Å².